The Morgan fingerprint density at radius 2 is 1.10 bits per heavy atom. The summed E-state index contributed by atoms with van der Waals surface area (Å²) in [6, 6.07) is 0. The van der Waals surface area contributed by atoms with Crippen LogP contribution in [0.3, 0.4) is 0 Å². The van der Waals surface area contributed by atoms with Crippen LogP contribution >= 0.6 is 0 Å². The van der Waals surface area contributed by atoms with Gasteiger partial charge in [-0.3, -0.25) is 27.3 Å². The van der Waals surface area contributed by atoms with Crippen LogP contribution in [-0.4, -0.2) is 158 Å². The zero-order valence-corrected chi connectivity index (χ0v) is 29.2. The molecule has 296 valence electrons. The second-order valence-electron chi connectivity index (χ2n) is 10.2. The molecule has 3 heterocycles. The fourth-order valence-electron chi connectivity index (χ4n) is 4.62. The highest BCUT2D eigenvalue weighted by Crippen LogP contribution is 2.43. The van der Waals surface area contributed by atoms with E-state index < -0.39 is 143 Å². The van der Waals surface area contributed by atoms with E-state index in [0.29, 0.717) is 0 Å². The minimum atomic E-state index is -6.02. The van der Waals surface area contributed by atoms with Crippen LogP contribution in [0.2, 0.25) is 0 Å². The lowest BCUT2D eigenvalue weighted by Gasteiger charge is -2.50. The maximum absolute atomic E-state index is 11.9. The van der Waals surface area contributed by atoms with Crippen molar-refractivity contribution >= 4 is 62.4 Å². The molecule has 0 saturated carbocycles. The summed E-state index contributed by atoms with van der Waals surface area (Å²) in [5, 5.41) is 0. The molecule has 3 saturated heterocycles. The SMILES string of the molecule is CC1(C)OC[C@H]2O[C@H](O[C@]3(COS(=O)(=O)O)O[C@H](COS(=O)(=O)O)[C@@H](OS(=O)(=O)O)[C@@H]3OS(=O)(=O)O)[C@H](OS(=O)(=O)O)[C@@H](OS(=O)(=O)O)[C@@H]2O1. The van der Waals surface area contributed by atoms with Gasteiger partial charge in [0.1, 0.15) is 37.1 Å². The Bertz CT molecular complexity index is 1900. The molecule has 3 aliphatic heterocycles. The Morgan fingerprint density at radius 1 is 0.620 bits per heavy atom. The molecule has 3 fully saturated rings. The first kappa shape index (κ1) is 43.4. The van der Waals surface area contributed by atoms with E-state index in [-0.39, 0.29) is 0 Å². The van der Waals surface area contributed by atoms with Crippen molar-refractivity contribution in [2.45, 2.75) is 74.4 Å². The molecular weight excluding hydrogens is 837 g/mol. The highest BCUT2D eigenvalue weighted by molar-refractivity contribution is 7.82. The van der Waals surface area contributed by atoms with Crippen LogP contribution in [0.5, 0.6) is 0 Å². The van der Waals surface area contributed by atoms with Gasteiger partial charge >= 0.3 is 62.4 Å². The standard InChI is InChI=1S/C15H26O29S6/c1-14(2)34-3-6-8(39-14)10(42-48(25,26)27)11(43-49(28,29)30)13(37-6)40-15(5-36-46(19,20)21)12(44-50(31,32)33)9(41-47(22,23)24)7(38-15)4-35-45(16,17)18/h6-13H,3-5H2,1-2H3,(H,16,17,18)(H,19,20,21)(H,22,23,24)(H,25,26,27)(H,28,29,30)(H,31,32,33)/t6-,7-,8-,9-,10+,11-,12+,13-,15+/m1/s1. The molecule has 9 atom stereocenters. The molecule has 35 heteroatoms. The summed E-state index contributed by atoms with van der Waals surface area (Å²) in [6.07, 6.45) is -20.6. The van der Waals surface area contributed by atoms with E-state index in [0.717, 1.165) is 0 Å². The van der Waals surface area contributed by atoms with Crippen molar-refractivity contribution in [3.8, 4) is 0 Å². The molecule has 0 aromatic rings. The molecule has 0 spiro atoms. The Morgan fingerprint density at radius 3 is 1.58 bits per heavy atom. The molecule has 29 nitrogen and oxygen atoms in total. The van der Waals surface area contributed by atoms with Crippen molar-refractivity contribution in [1.82, 2.24) is 0 Å². The van der Waals surface area contributed by atoms with E-state index in [1.54, 1.807) is 0 Å². The summed E-state index contributed by atoms with van der Waals surface area (Å²) in [5.41, 5.74) is 0. The maximum Gasteiger partial charge on any atom is 0.397 e. The largest absolute Gasteiger partial charge is 0.397 e. The lowest BCUT2D eigenvalue weighted by molar-refractivity contribution is -0.410. The summed E-state index contributed by atoms with van der Waals surface area (Å²) >= 11 is 0. The second kappa shape index (κ2) is 14.7. The average molecular weight is 863 g/mol. The fraction of sp³-hybridized carbons (Fsp3) is 1.00. The minimum Gasteiger partial charge on any atom is -0.348 e. The maximum atomic E-state index is 11.9. The molecule has 0 bridgehead atoms. The van der Waals surface area contributed by atoms with Crippen molar-refractivity contribution in [3.05, 3.63) is 0 Å². The van der Waals surface area contributed by atoms with Gasteiger partial charge in [-0.15, -0.1) is 0 Å². The molecule has 0 amide bonds. The Hall–Kier alpha value is -0.980. The van der Waals surface area contributed by atoms with Crippen LogP contribution in [0.1, 0.15) is 13.8 Å². The highest BCUT2D eigenvalue weighted by Gasteiger charge is 2.65. The lowest BCUT2D eigenvalue weighted by Crippen LogP contribution is -2.68. The Balaban J connectivity index is 2.30. The summed E-state index contributed by atoms with van der Waals surface area (Å²) in [7, 11) is -34.7. The zero-order chi connectivity index (χ0) is 38.5. The molecular formula is C15H26O29S6. The summed E-state index contributed by atoms with van der Waals surface area (Å²) in [6.45, 7) is -2.03. The average Bonchev–Trinajstić information content (AvgIpc) is 3.11. The van der Waals surface area contributed by atoms with E-state index in [1.807, 2.05) is 0 Å². The van der Waals surface area contributed by atoms with Crippen LogP contribution in [0.25, 0.3) is 0 Å². The third kappa shape index (κ3) is 13.2. The van der Waals surface area contributed by atoms with E-state index >= 15 is 0 Å². The van der Waals surface area contributed by atoms with Gasteiger partial charge in [-0.2, -0.15) is 50.5 Å². The molecule has 0 unspecified atom stereocenters. The van der Waals surface area contributed by atoms with Gasteiger partial charge in [0.2, 0.25) is 5.79 Å². The third-order valence-corrected chi connectivity index (χ3v) is 8.78. The molecule has 0 radical (unpaired) electrons. The molecule has 0 aliphatic carbocycles. The number of fused-ring (bicyclic) bond motifs is 1. The van der Waals surface area contributed by atoms with Gasteiger partial charge in [0, 0.05) is 0 Å². The van der Waals surface area contributed by atoms with Gasteiger partial charge in [0.05, 0.1) is 13.2 Å². The van der Waals surface area contributed by atoms with Crippen LogP contribution in [0.4, 0.5) is 0 Å². The van der Waals surface area contributed by atoms with Crippen molar-refractivity contribution in [1.29, 1.82) is 0 Å². The summed E-state index contributed by atoms with van der Waals surface area (Å²) in [5.74, 6) is -5.42. The summed E-state index contributed by atoms with van der Waals surface area (Å²) in [4.78, 5) is 0. The molecule has 6 N–H and O–H groups in total. The topological polar surface area (TPSA) is 428 Å². The van der Waals surface area contributed by atoms with Crippen LogP contribution in [-0.2, 0) is 111 Å². The minimum absolute atomic E-state index is 0.693. The molecule has 0 aromatic heterocycles. The number of hydrogen-bond donors (Lipinski definition) is 6. The Labute approximate surface area is 282 Å². The first-order valence-electron chi connectivity index (χ1n) is 12.4. The van der Waals surface area contributed by atoms with E-state index in [9.17, 15) is 73.3 Å². The van der Waals surface area contributed by atoms with Crippen molar-refractivity contribution in [3.63, 3.8) is 0 Å². The summed E-state index contributed by atoms with van der Waals surface area (Å²) < 4.78 is 248. The first-order valence-corrected chi connectivity index (χ1v) is 20.5. The van der Waals surface area contributed by atoms with Gasteiger partial charge in [0.25, 0.3) is 0 Å². The predicted octanol–water partition coefficient (Wildman–Crippen LogP) is -4.63. The normalized spacial score (nSPS) is 34.3. The van der Waals surface area contributed by atoms with Crippen molar-refractivity contribution in [2.24, 2.45) is 0 Å². The van der Waals surface area contributed by atoms with Gasteiger partial charge < -0.3 is 23.7 Å². The monoisotopic (exact) mass is 862 g/mol. The molecule has 50 heavy (non-hydrogen) atoms. The highest BCUT2D eigenvalue weighted by atomic mass is 32.3. The van der Waals surface area contributed by atoms with Gasteiger partial charge in [-0.25, -0.2) is 25.1 Å². The van der Waals surface area contributed by atoms with E-state index in [2.05, 4.69) is 25.1 Å². The smallest absolute Gasteiger partial charge is 0.348 e. The zero-order valence-electron chi connectivity index (χ0n) is 24.3. The van der Waals surface area contributed by atoms with Crippen molar-refractivity contribution < 1.29 is 127 Å². The third-order valence-electron chi connectivity index (χ3n) is 6.08. The predicted molar refractivity (Wildman–Crippen MR) is 143 cm³/mol. The molecule has 3 rings (SSSR count). The van der Waals surface area contributed by atoms with E-state index in [4.69, 9.17) is 28.2 Å². The lowest BCUT2D eigenvalue weighted by atomic mass is 9.97. The van der Waals surface area contributed by atoms with Crippen LogP contribution in [0, 0.1) is 0 Å². The van der Waals surface area contributed by atoms with Gasteiger partial charge in [-0.1, -0.05) is 0 Å². The van der Waals surface area contributed by atoms with Crippen LogP contribution < -0.4 is 0 Å². The second-order valence-corrected chi connectivity index (χ2v) is 16.6. The van der Waals surface area contributed by atoms with Crippen molar-refractivity contribution in [2.75, 3.05) is 19.8 Å². The van der Waals surface area contributed by atoms with Gasteiger partial charge in [0.15, 0.2) is 24.3 Å². The number of rotatable bonds is 16. The quantitative estimate of drug-likeness (QED) is 0.0795. The van der Waals surface area contributed by atoms with Crippen LogP contribution in [0.15, 0.2) is 0 Å². The number of hydrogen-bond acceptors (Lipinski definition) is 23. The van der Waals surface area contributed by atoms with Gasteiger partial charge in [-0.05, 0) is 13.8 Å². The first-order chi connectivity index (χ1) is 22.2. The fourth-order valence-corrected chi connectivity index (χ4v) is 7.24. The molecule has 0 aromatic carbocycles. The Kier molecular flexibility index (Phi) is 12.8. The number of ether oxygens (including phenoxy) is 5. The van der Waals surface area contributed by atoms with E-state index in [1.165, 1.54) is 13.8 Å². The molecule has 3 aliphatic rings.